The zero-order valence-corrected chi connectivity index (χ0v) is 26.4. The van der Waals surface area contributed by atoms with E-state index < -0.39 is 5.97 Å². The number of hydrogen-bond donors (Lipinski definition) is 2. The lowest BCUT2D eigenvalue weighted by molar-refractivity contribution is -0.137. The molecule has 0 saturated carbocycles. The van der Waals surface area contributed by atoms with E-state index in [1.165, 1.54) is 17.3 Å². The van der Waals surface area contributed by atoms with Crippen molar-refractivity contribution in [2.24, 2.45) is 0 Å². The first-order valence-electron chi connectivity index (χ1n) is 14.5. The summed E-state index contributed by atoms with van der Waals surface area (Å²) < 4.78 is 0. The van der Waals surface area contributed by atoms with E-state index >= 15 is 0 Å². The molecule has 0 unspecified atom stereocenters. The van der Waals surface area contributed by atoms with Gasteiger partial charge in [-0.25, -0.2) is 4.98 Å². The van der Waals surface area contributed by atoms with E-state index in [2.05, 4.69) is 25.1 Å². The molecule has 0 spiro atoms. The number of halogens is 1. The van der Waals surface area contributed by atoms with Crippen LogP contribution in [0.2, 0.25) is 5.15 Å². The third kappa shape index (κ3) is 9.59. The average molecular weight is 629 g/mol. The number of amides is 2. The lowest BCUT2D eigenvalue weighted by Crippen LogP contribution is -2.32. The number of aliphatic carboxylic acids is 1. The number of anilines is 2. The van der Waals surface area contributed by atoms with Gasteiger partial charge in [0, 0.05) is 45.3 Å². The first kappa shape index (κ1) is 33.1. The number of carboxylic acid groups (broad SMARTS) is 1. The van der Waals surface area contributed by atoms with Crippen molar-refractivity contribution < 1.29 is 19.5 Å². The van der Waals surface area contributed by atoms with Crippen molar-refractivity contribution in [3.63, 3.8) is 0 Å². The summed E-state index contributed by atoms with van der Waals surface area (Å²) in [5, 5.41) is 12.6. The van der Waals surface area contributed by atoms with Crippen molar-refractivity contribution >= 4 is 40.8 Å². The number of pyridine rings is 2. The maximum absolute atomic E-state index is 13.2. The van der Waals surface area contributed by atoms with Crippen LogP contribution in [0.1, 0.15) is 39.1 Å². The number of benzene rings is 2. The van der Waals surface area contributed by atoms with Crippen LogP contribution in [0.25, 0.3) is 11.1 Å². The topological polar surface area (TPSA) is 119 Å². The van der Waals surface area contributed by atoms with Gasteiger partial charge >= 0.3 is 5.97 Å². The quantitative estimate of drug-likeness (QED) is 0.174. The minimum atomic E-state index is -0.983. The molecule has 0 aliphatic heterocycles. The second kappa shape index (κ2) is 15.8. The van der Waals surface area contributed by atoms with Gasteiger partial charge in [0.15, 0.2) is 0 Å². The number of carboxylic acids is 1. The third-order valence-corrected chi connectivity index (χ3v) is 7.39. The van der Waals surface area contributed by atoms with Crippen LogP contribution < -0.4 is 10.2 Å². The predicted molar refractivity (Wildman–Crippen MR) is 177 cm³/mol. The van der Waals surface area contributed by atoms with Crippen LogP contribution in [0.3, 0.4) is 0 Å². The summed E-state index contributed by atoms with van der Waals surface area (Å²) in [6, 6.07) is 20.2. The maximum atomic E-state index is 13.2. The largest absolute Gasteiger partial charge is 0.481 e. The Labute approximate surface area is 268 Å². The molecule has 2 aromatic heterocycles. The Hall–Kier alpha value is -4.80. The highest BCUT2D eigenvalue weighted by molar-refractivity contribution is 6.29. The molecule has 2 aromatic carbocycles. The molecule has 45 heavy (non-hydrogen) atoms. The second-order valence-electron chi connectivity index (χ2n) is 10.9. The fraction of sp³-hybridized carbons (Fsp3) is 0.265. The molecule has 0 radical (unpaired) electrons. The molecule has 10 nitrogen and oxygen atoms in total. The Kier molecular flexibility index (Phi) is 11.6. The fourth-order valence-electron chi connectivity index (χ4n) is 4.82. The van der Waals surface area contributed by atoms with Crippen molar-refractivity contribution in [3.8, 4) is 11.1 Å². The molecule has 0 saturated heterocycles. The highest BCUT2D eigenvalue weighted by atomic mass is 35.5. The lowest BCUT2D eigenvalue weighted by atomic mass is 10.0. The van der Waals surface area contributed by atoms with Gasteiger partial charge in [0.05, 0.1) is 28.9 Å². The molecule has 0 atom stereocenters. The molecule has 2 amide bonds. The van der Waals surface area contributed by atoms with Crippen LogP contribution in [0.4, 0.5) is 11.4 Å². The van der Waals surface area contributed by atoms with Crippen LogP contribution in [-0.4, -0.2) is 83.4 Å². The van der Waals surface area contributed by atoms with Crippen LogP contribution in [-0.2, 0) is 11.3 Å². The number of hydrogen-bond acceptors (Lipinski definition) is 7. The molecule has 4 rings (SSSR count). The monoisotopic (exact) mass is 628 g/mol. The molecule has 11 heteroatoms. The molecule has 0 fully saturated rings. The maximum Gasteiger partial charge on any atom is 0.305 e. The molecule has 0 aliphatic carbocycles. The van der Waals surface area contributed by atoms with E-state index in [-0.39, 0.29) is 31.3 Å². The van der Waals surface area contributed by atoms with Gasteiger partial charge in [-0.1, -0.05) is 35.9 Å². The van der Waals surface area contributed by atoms with E-state index in [0.29, 0.717) is 22.0 Å². The van der Waals surface area contributed by atoms with Gasteiger partial charge in [-0.15, -0.1) is 0 Å². The Morgan fingerprint density at radius 3 is 2.36 bits per heavy atom. The molecule has 0 aliphatic rings. The summed E-state index contributed by atoms with van der Waals surface area (Å²) in [6.45, 7) is 1.99. The third-order valence-electron chi connectivity index (χ3n) is 7.17. The van der Waals surface area contributed by atoms with Crippen LogP contribution in [0.15, 0.2) is 85.3 Å². The highest BCUT2D eigenvalue weighted by Gasteiger charge is 2.19. The van der Waals surface area contributed by atoms with Gasteiger partial charge in [-0.3, -0.25) is 19.4 Å². The summed E-state index contributed by atoms with van der Waals surface area (Å²) in [6.07, 6.45) is 5.26. The van der Waals surface area contributed by atoms with E-state index in [4.69, 9.17) is 11.6 Å². The van der Waals surface area contributed by atoms with Crippen molar-refractivity contribution in [2.45, 2.75) is 19.4 Å². The molecular formula is C34H37ClN6O4. The van der Waals surface area contributed by atoms with E-state index in [9.17, 15) is 19.5 Å². The zero-order chi connectivity index (χ0) is 32.3. The number of nitrogens with zero attached hydrogens (tertiary/aromatic N) is 5. The Morgan fingerprint density at radius 2 is 1.67 bits per heavy atom. The smallest absolute Gasteiger partial charge is 0.305 e. The summed E-state index contributed by atoms with van der Waals surface area (Å²) >= 11 is 5.92. The SMILES string of the molecule is CN(C)CCCN(C)c1ccc(-c2cccc(CN(CCC(=O)O)C(=O)c3cccnc3)c2)cc1NC(=O)c1ccc(Cl)nc1. The Morgan fingerprint density at radius 1 is 0.867 bits per heavy atom. The summed E-state index contributed by atoms with van der Waals surface area (Å²) in [7, 11) is 6.07. The molecule has 0 bridgehead atoms. The number of carbonyl (C=O) groups excluding carboxylic acids is 2. The first-order chi connectivity index (χ1) is 21.6. The van der Waals surface area contributed by atoms with E-state index in [1.54, 1.807) is 30.5 Å². The fourth-order valence-corrected chi connectivity index (χ4v) is 4.93. The van der Waals surface area contributed by atoms with Crippen molar-refractivity contribution in [1.82, 2.24) is 19.8 Å². The summed E-state index contributed by atoms with van der Waals surface area (Å²) in [5.41, 5.74) is 4.85. The minimum Gasteiger partial charge on any atom is -0.481 e. The van der Waals surface area contributed by atoms with Gasteiger partial charge < -0.3 is 25.1 Å². The molecule has 2 N–H and O–H groups in total. The highest BCUT2D eigenvalue weighted by Crippen LogP contribution is 2.32. The number of rotatable bonds is 14. The first-order valence-corrected chi connectivity index (χ1v) is 14.9. The zero-order valence-electron chi connectivity index (χ0n) is 25.6. The average Bonchev–Trinajstić information content (AvgIpc) is 3.03. The normalized spacial score (nSPS) is 10.9. The molecular weight excluding hydrogens is 592 g/mol. The Balaban J connectivity index is 1.63. The van der Waals surface area contributed by atoms with Crippen molar-refractivity contribution in [1.29, 1.82) is 0 Å². The van der Waals surface area contributed by atoms with Crippen LogP contribution >= 0.6 is 11.6 Å². The standard InChI is InChI=1S/C34H37ClN6O4/c1-39(2)16-6-17-40(3)30-12-10-26(20-29(30)38-33(44)27-11-13-31(35)37-22-27)25-8-4-7-24(19-25)23-41(18-14-32(42)43)34(45)28-9-5-15-36-21-28/h4-5,7-13,15,19-22H,6,14,16-18,23H2,1-3H3,(H,38,44)(H,42,43). The lowest BCUT2D eigenvalue weighted by Gasteiger charge is -2.24. The van der Waals surface area contributed by atoms with Gasteiger partial charge in [0.1, 0.15) is 5.15 Å². The van der Waals surface area contributed by atoms with Gasteiger partial charge in [0.2, 0.25) is 0 Å². The van der Waals surface area contributed by atoms with E-state index in [0.717, 1.165) is 41.9 Å². The van der Waals surface area contributed by atoms with Crippen LogP contribution in [0.5, 0.6) is 0 Å². The number of nitrogens with one attached hydrogen (secondary N) is 1. The van der Waals surface area contributed by atoms with Gasteiger partial charge in [0.25, 0.3) is 11.8 Å². The van der Waals surface area contributed by atoms with Crippen LogP contribution in [0, 0.1) is 0 Å². The molecule has 2 heterocycles. The Bertz CT molecular complexity index is 1620. The minimum absolute atomic E-state index is 0.0535. The summed E-state index contributed by atoms with van der Waals surface area (Å²) in [4.78, 5) is 51.6. The number of aromatic nitrogens is 2. The summed E-state index contributed by atoms with van der Waals surface area (Å²) in [5.74, 6) is -1.59. The predicted octanol–water partition coefficient (Wildman–Crippen LogP) is 5.55. The van der Waals surface area contributed by atoms with E-state index in [1.807, 2.05) is 63.6 Å². The van der Waals surface area contributed by atoms with Gasteiger partial charge in [-0.05, 0) is 86.2 Å². The second-order valence-corrected chi connectivity index (χ2v) is 11.3. The van der Waals surface area contributed by atoms with Gasteiger partial charge in [-0.2, -0.15) is 0 Å². The molecule has 4 aromatic rings. The van der Waals surface area contributed by atoms with Crippen molar-refractivity contribution in [2.75, 3.05) is 51.0 Å². The molecule has 234 valence electrons. The number of carbonyl (C=O) groups is 3. The van der Waals surface area contributed by atoms with Crippen molar-refractivity contribution in [3.05, 3.63) is 107 Å².